The van der Waals surface area contributed by atoms with E-state index in [1.54, 1.807) is 6.07 Å². The first-order valence-electron chi connectivity index (χ1n) is 9.12. The number of benzene rings is 2. The number of halogens is 2. The van der Waals surface area contributed by atoms with E-state index in [1.165, 1.54) is 16.4 Å². The van der Waals surface area contributed by atoms with E-state index in [2.05, 4.69) is 10.1 Å². The lowest BCUT2D eigenvalue weighted by Gasteiger charge is -2.33. The van der Waals surface area contributed by atoms with Crippen molar-refractivity contribution in [2.24, 2.45) is 0 Å². The van der Waals surface area contributed by atoms with Gasteiger partial charge in [-0.05, 0) is 18.2 Å². The number of piperazine rings is 1. The molecule has 4 rings (SSSR count). The summed E-state index contributed by atoms with van der Waals surface area (Å²) in [5.41, 5.74) is 1.79. The highest BCUT2D eigenvalue weighted by molar-refractivity contribution is 7.89. The van der Waals surface area contributed by atoms with E-state index in [4.69, 9.17) is 27.7 Å². The third kappa shape index (κ3) is 4.49. The van der Waals surface area contributed by atoms with Crippen LogP contribution >= 0.6 is 23.2 Å². The van der Waals surface area contributed by atoms with Crippen LogP contribution in [0.1, 0.15) is 5.76 Å². The van der Waals surface area contributed by atoms with Crippen molar-refractivity contribution in [3.8, 4) is 11.3 Å². The molecule has 2 aromatic carbocycles. The van der Waals surface area contributed by atoms with Crippen LogP contribution in [0, 0.1) is 0 Å². The topological polar surface area (TPSA) is 66.7 Å². The molecule has 0 radical (unpaired) electrons. The standard InChI is InChI=1S/C20H19Cl2N3O3S/c21-16-6-7-18(22)20(12-16)29(26,27)25-10-8-24(9-11-25)14-17-13-19(23-28-17)15-4-2-1-3-5-15/h1-7,12-13H,8-11,14H2. The number of nitrogens with zero attached hydrogens (tertiary/aromatic N) is 3. The largest absolute Gasteiger partial charge is 0.359 e. The van der Waals surface area contributed by atoms with Gasteiger partial charge in [-0.2, -0.15) is 4.31 Å². The highest BCUT2D eigenvalue weighted by Crippen LogP contribution is 2.28. The Kier molecular flexibility index (Phi) is 5.94. The van der Waals surface area contributed by atoms with E-state index in [0.29, 0.717) is 37.7 Å². The Labute approximate surface area is 179 Å². The maximum Gasteiger partial charge on any atom is 0.244 e. The minimum absolute atomic E-state index is 0.0443. The average molecular weight is 452 g/mol. The van der Waals surface area contributed by atoms with Gasteiger partial charge in [0.1, 0.15) is 10.6 Å². The molecule has 0 amide bonds. The molecule has 0 atom stereocenters. The second-order valence-corrected chi connectivity index (χ2v) is 9.55. The molecule has 0 N–H and O–H groups in total. The van der Waals surface area contributed by atoms with Gasteiger partial charge in [0.05, 0.1) is 11.6 Å². The zero-order valence-electron chi connectivity index (χ0n) is 15.5. The van der Waals surface area contributed by atoms with Crippen molar-refractivity contribution in [1.82, 2.24) is 14.4 Å². The van der Waals surface area contributed by atoms with Gasteiger partial charge in [-0.25, -0.2) is 8.42 Å². The van der Waals surface area contributed by atoms with Crippen LogP contribution in [0.4, 0.5) is 0 Å². The molecule has 1 aliphatic heterocycles. The highest BCUT2D eigenvalue weighted by atomic mass is 35.5. The van der Waals surface area contributed by atoms with Gasteiger partial charge in [-0.1, -0.05) is 58.7 Å². The zero-order chi connectivity index (χ0) is 20.4. The summed E-state index contributed by atoms with van der Waals surface area (Å²) in [6.07, 6.45) is 0. The Balaban J connectivity index is 1.40. The van der Waals surface area contributed by atoms with Gasteiger partial charge in [-0.3, -0.25) is 4.90 Å². The summed E-state index contributed by atoms with van der Waals surface area (Å²) in [6, 6.07) is 16.2. The first kappa shape index (κ1) is 20.4. The molecule has 1 aromatic heterocycles. The summed E-state index contributed by atoms with van der Waals surface area (Å²) in [5.74, 6) is 0.748. The molecular formula is C20H19Cl2N3O3S. The molecule has 0 bridgehead atoms. The van der Waals surface area contributed by atoms with Crippen molar-refractivity contribution in [2.75, 3.05) is 26.2 Å². The molecule has 29 heavy (non-hydrogen) atoms. The molecule has 2 heterocycles. The summed E-state index contributed by atoms with van der Waals surface area (Å²) < 4.78 is 32.7. The maximum atomic E-state index is 12.9. The third-order valence-corrected chi connectivity index (χ3v) is 7.47. The summed E-state index contributed by atoms with van der Waals surface area (Å²) in [7, 11) is -3.69. The van der Waals surface area contributed by atoms with Gasteiger partial charge in [-0.15, -0.1) is 0 Å². The summed E-state index contributed by atoms with van der Waals surface area (Å²) in [6.45, 7) is 2.47. The molecule has 6 nitrogen and oxygen atoms in total. The van der Waals surface area contributed by atoms with Crippen molar-refractivity contribution >= 4 is 33.2 Å². The van der Waals surface area contributed by atoms with Crippen molar-refractivity contribution < 1.29 is 12.9 Å². The molecule has 9 heteroatoms. The monoisotopic (exact) mass is 451 g/mol. The Morgan fingerprint density at radius 1 is 0.966 bits per heavy atom. The molecule has 152 valence electrons. The predicted molar refractivity (Wildman–Crippen MR) is 112 cm³/mol. The van der Waals surface area contributed by atoms with Crippen LogP contribution in [-0.2, 0) is 16.6 Å². The van der Waals surface area contributed by atoms with Gasteiger partial charge in [0.15, 0.2) is 5.76 Å². The van der Waals surface area contributed by atoms with Gasteiger partial charge < -0.3 is 4.52 Å². The fourth-order valence-corrected chi connectivity index (χ4v) is 5.45. The van der Waals surface area contributed by atoms with Crippen LogP contribution in [0.5, 0.6) is 0 Å². The Morgan fingerprint density at radius 3 is 2.41 bits per heavy atom. The van der Waals surface area contributed by atoms with Crippen LogP contribution in [-0.4, -0.2) is 49.0 Å². The molecule has 0 saturated carbocycles. The molecule has 3 aromatic rings. The Bertz CT molecular complexity index is 1100. The van der Waals surface area contributed by atoms with Gasteiger partial charge in [0.25, 0.3) is 0 Å². The highest BCUT2D eigenvalue weighted by Gasteiger charge is 2.30. The smallest absolute Gasteiger partial charge is 0.244 e. The Morgan fingerprint density at radius 2 is 1.69 bits per heavy atom. The van der Waals surface area contributed by atoms with E-state index >= 15 is 0 Å². The lowest BCUT2D eigenvalue weighted by molar-refractivity contribution is 0.166. The molecule has 0 aliphatic carbocycles. The maximum absolute atomic E-state index is 12.9. The summed E-state index contributed by atoms with van der Waals surface area (Å²) in [4.78, 5) is 2.18. The zero-order valence-corrected chi connectivity index (χ0v) is 17.8. The number of hydrogen-bond acceptors (Lipinski definition) is 5. The number of hydrogen-bond donors (Lipinski definition) is 0. The van der Waals surface area contributed by atoms with Crippen LogP contribution < -0.4 is 0 Å². The lowest BCUT2D eigenvalue weighted by atomic mass is 10.1. The second kappa shape index (κ2) is 8.45. The van der Waals surface area contributed by atoms with Gasteiger partial charge in [0.2, 0.25) is 10.0 Å². The molecule has 1 saturated heterocycles. The predicted octanol–water partition coefficient (Wildman–Crippen LogP) is 4.15. The van der Waals surface area contributed by atoms with Crippen molar-refractivity contribution in [2.45, 2.75) is 11.4 Å². The average Bonchev–Trinajstić information content (AvgIpc) is 3.19. The van der Waals surface area contributed by atoms with Crippen molar-refractivity contribution in [3.05, 3.63) is 70.4 Å². The normalized spacial score (nSPS) is 16.2. The number of aromatic nitrogens is 1. The van der Waals surface area contributed by atoms with E-state index in [1.807, 2.05) is 36.4 Å². The molecule has 0 unspecified atom stereocenters. The Hall–Kier alpha value is -1.90. The number of sulfonamides is 1. The fraction of sp³-hybridized carbons (Fsp3) is 0.250. The summed E-state index contributed by atoms with van der Waals surface area (Å²) in [5, 5.41) is 4.64. The SMILES string of the molecule is O=S(=O)(c1cc(Cl)ccc1Cl)N1CCN(Cc2cc(-c3ccccc3)no2)CC1. The minimum atomic E-state index is -3.69. The first-order valence-corrected chi connectivity index (χ1v) is 11.3. The van der Waals surface area contributed by atoms with Gasteiger partial charge >= 0.3 is 0 Å². The number of rotatable bonds is 5. The lowest BCUT2D eigenvalue weighted by Crippen LogP contribution is -2.48. The van der Waals surface area contributed by atoms with Crippen LogP contribution in [0.2, 0.25) is 10.0 Å². The summed E-state index contributed by atoms with van der Waals surface area (Å²) >= 11 is 12.0. The van der Waals surface area contributed by atoms with E-state index < -0.39 is 10.0 Å². The molecule has 0 spiro atoms. The third-order valence-electron chi connectivity index (χ3n) is 4.85. The molecule has 1 aliphatic rings. The van der Waals surface area contributed by atoms with Crippen LogP contribution in [0.15, 0.2) is 64.0 Å². The fourth-order valence-electron chi connectivity index (χ4n) is 3.29. The van der Waals surface area contributed by atoms with Crippen molar-refractivity contribution in [3.63, 3.8) is 0 Å². The van der Waals surface area contributed by atoms with E-state index in [9.17, 15) is 8.42 Å². The van der Waals surface area contributed by atoms with E-state index in [-0.39, 0.29) is 9.92 Å². The van der Waals surface area contributed by atoms with E-state index in [0.717, 1.165) is 17.0 Å². The van der Waals surface area contributed by atoms with Crippen molar-refractivity contribution in [1.29, 1.82) is 0 Å². The minimum Gasteiger partial charge on any atom is -0.359 e. The molecular weight excluding hydrogens is 433 g/mol. The second-order valence-electron chi connectivity index (χ2n) is 6.80. The quantitative estimate of drug-likeness (QED) is 0.582. The van der Waals surface area contributed by atoms with Crippen LogP contribution in [0.25, 0.3) is 11.3 Å². The first-order chi connectivity index (χ1) is 13.9. The van der Waals surface area contributed by atoms with Crippen LogP contribution in [0.3, 0.4) is 0 Å². The van der Waals surface area contributed by atoms with Gasteiger partial charge in [0, 0.05) is 42.8 Å². The molecule has 1 fully saturated rings.